The largest absolute Gasteiger partial charge is 0.313 e. The molecule has 1 heterocycles. The van der Waals surface area contributed by atoms with Crippen molar-refractivity contribution in [2.24, 2.45) is 5.92 Å². The van der Waals surface area contributed by atoms with Crippen LogP contribution in [-0.4, -0.2) is 16.8 Å². The van der Waals surface area contributed by atoms with Crippen molar-refractivity contribution in [2.45, 2.75) is 39.8 Å². The van der Waals surface area contributed by atoms with Crippen LogP contribution in [0, 0.1) is 12.8 Å². The second-order valence-electron chi connectivity index (χ2n) is 5.45. The SMILES string of the molecule is CCn1nc(C)cc1CC(C)C(NC)c1ccccc1. The Labute approximate surface area is 122 Å². The molecule has 20 heavy (non-hydrogen) atoms. The van der Waals surface area contributed by atoms with Gasteiger partial charge in [0.1, 0.15) is 0 Å². The normalized spacial score (nSPS) is 14.2. The Bertz CT molecular complexity index is 530. The number of rotatable bonds is 6. The number of aromatic nitrogens is 2. The molecule has 2 aromatic rings. The predicted molar refractivity (Wildman–Crippen MR) is 83.7 cm³/mol. The van der Waals surface area contributed by atoms with E-state index >= 15 is 0 Å². The lowest BCUT2D eigenvalue weighted by atomic mass is 9.91. The summed E-state index contributed by atoms with van der Waals surface area (Å²) in [6.07, 6.45) is 1.04. The van der Waals surface area contributed by atoms with Gasteiger partial charge in [0.2, 0.25) is 0 Å². The van der Waals surface area contributed by atoms with Crippen LogP contribution in [-0.2, 0) is 13.0 Å². The highest BCUT2D eigenvalue weighted by atomic mass is 15.3. The van der Waals surface area contributed by atoms with Crippen molar-refractivity contribution in [3.05, 3.63) is 53.3 Å². The van der Waals surface area contributed by atoms with Gasteiger partial charge in [-0.15, -0.1) is 0 Å². The molecule has 0 saturated heterocycles. The molecule has 0 amide bonds. The minimum Gasteiger partial charge on any atom is -0.313 e. The molecule has 108 valence electrons. The Morgan fingerprint density at radius 1 is 1.25 bits per heavy atom. The molecule has 1 N–H and O–H groups in total. The lowest BCUT2D eigenvalue weighted by Crippen LogP contribution is -2.25. The summed E-state index contributed by atoms with van der Waals surface area (Å²) < 4.78 is 2.11. The molecule has 0 aliphatic carbocycles. The van der Waals surface area contributed by atoms with Gasteiger partial charge in [-0.3, -0.25) is 4.68 Å². The zero-order valence-electron chi connectivity index (χ0n) is 12.9. The molecule has 1 aromatic carbocycles. The minimum atomic E-state index is 0.372. The summed E-state index contributed by atoms with van der Waals surface area (Å²) in [4.78, 5) is 0. The fraction of sp³-hybridized carbons (Fsp3) is 0.471. The monoisotopic (exact) mass is 271 g/mol. The van der Waals surface area contributed by atoms with E-state index in [1.54, 1.807) is 0 Å². The molecule has 0 spiro atoms. The molecular weight excluding hydrogens is 246 g/mol. The smallest absolute Gasteiger partial charge is 0.0596 e. The van der Waals surface area contributed by atoms with Gasteiger partial charge in [0, 0.05) is 18.3 Å². The number of benzene rings is 1. The number of hydrogen-bond acceptors (Lipinski definition) is 2. The van der Waals surface area contributed by atoms with Crippen LogP contribution >= 0.6 is 0 Å². The summed E-state index contributed by atoms with van der Waals surface area (Å²) in [6.45, 7) is 7.45. The summed E-state index contributed by atoms with van der Waals surface area (Å²) in [7, 11) is 2.04. The van der Waals surface area contributed by atoms with Gasteiger partial charge in [0.15, 0.2) is 0 Å². The highest BCUT2D eigenvalue weighted by molar-refractivity contribution is 5.20. The molecule has 0 bridgehead atoms. The molecular formula is C17H25N3. The highest BCUT2D eigenvalue weighted by Gasteiger charge is 2.19. The van der Waals surface area contributed by atoms with Crippen LogP contribution in [0.2, 0.25) is 0 Å². The van der Waals surface area contributed by atoms with E-state index in [4.69, 9.17) is 0 Å². The van der Waals surface area contributed by atoms with Gasteiger partial charge in [-0.05, 0) is 44.9 Å². The lowest BCUT2D eigenvalue weighted by molar-refractivity contribution is 0.397. The van der Waals surface area contributed by atoms with E-state index in [1.807, 2.05) is 7.05 Å². The fourth-order valence-electron chi connectivity index (χ4n) is 2.93. The molecule has 0 aliphatic rings. The predicted octanol–water partition coefficient (Wildman–Crippen LogP) is 3.35. The maximum absolute atomic E-state index is 4.54. The first-order chi connectivity index (χ1) is 9.65. The Hall–Kier alpha value is -1.61. The average Bonchev–Trinajstić information content (AvgIpc) is 2.80. The van der Waals surface area contributed by atoms with Crippen molar-refractivity contribution in [3.8, 4) is 0 Å². The number of nitrogens with zero attached hydrogens (tertiary/aromatic N) is 2. The van der Waals surface area contributed by atoms with E-state index in [0.29, 0.717) is 12.0 Å². The summed E-state index contributed by atoms with van der Waals surface area (Å²) in [5.41, 5.74) is 3.78. The molecule has 0 aliphatic heterocycles. The first-order valence-corrected chi connectivity index (χ1v) is 7.41. The lowest BCUT2D eigenvalue weighted by Gasteiger charge is -2.24. The van der Waals surface area contributed by atoms with Crippen molar-refractivity contribution in [2.75, 3.05) is 7.05 Å². The summed E-state index contributed by atoms with van der Waals surface area (Å²) in [5, 5.41) is 7.99. The topological polar surface area (TPSA) is 29.9 Å². The van der Waals surface area contributed by atoms with Crippen molar-refractivity contribution >= 4 is 0 Å². The van der Waals surface area contributed by atoms with Gasteiger partial charge in [-0.2, -0.15) is 5.10 Å². The summed E-state index contributed by atoms with van der Waals surface area (Å²) in [5.74, 6) is 0.517. The first kappa shape index (κ1) is 14.8. The van der Waals surface area contributed by atoms with Crippen LogP contribution in [0.3, 0.4) is 0 Å². The molecule has 0 fully saturated rings. The van der Waals surface area contributed by atoms with Crippen molar-refractivity contribution in [3.63, 3.8) is 0 Å². The summed E-state index contributed by atoms with van der Waals surface area (Å²) in [6, 6.07) is 13.2. The van der Waals surface area contributed by atoms with Gasteiger partial charge in [-0.25, -0.2) is 0 Å². The van der Waals surface area contributed by atoms with Gasteiger partial charge in [0.05, 0.1) is 5.69 Å². The molecule has 0 radical (unpaired) electrons. The van der Waals surface area contributed by atoms with Crippen molar-refractivity contribution in [1.82, 2.24) is 15.1 Å². The second kappa shape index (κ2) is 6.71. The first-order valence-electron chi connectivity index (χ1n) is 7.41. The maximum atomic E-state index is 4.54. The van der Waals surface area contributed by atoms with Crippen molar-refractivity contribution in [1.29, 1.82) is 0 Å². The third kappa shape index (κ3) is 3.28. The average molecular weight is 271 g/mol. The van der Waals surface area contributed by atoms with Crippen LogP contribution in [0.5, 0.6) is 0 Å². The Balaban J connectivity index is 2.15. The van der Waals surface area contributed by atoms with Crippen molar-refractivity contribution < 1.29 is 0 Å². The van der Waals surface area contributed by atoms with Gasteiger partial charge in [-0.1, -0.05) is 37.3 Å². The molecule has 2 atom stereocenters. The highest BCUT2D eigenvalue weighted by Crippen LogP contribution is 2.25. The van der Waals surface area contributed by atoms with Crippen LogP contribution < -0.4 is 5.32 Å². The Kier molecular flexibility index (Phi) is 4.96. The van der Waals surface area contributed by atoms with Gasteiger partial charge in [0.25, 0.3) is 0 Å². The molecule has 3 nitrogen and oxygen atoms in total. The zero-order valence-corrected chi connectivity index (χ0v) is 12.9. The van der Waals surface area contributed by atoms with Crippen LogP contribution in [0.15, 0.2) is 36.4 Å². The zero-order chi connectivity index (χ0) is 14.5. The van der Waals surface area contributed by atoms with E-state index in [0.717, 1.165) is 18.7 Å². The molecule has 3 heteroatoms. The fourth-order valence-corrected chi connectivity index (χ4v) is 2.93. The van der Waals surface area contributed by atoms with E-state index in [1.165, 1.54) is 11.3 Å². The van der Waals surface area contributed by atoms with E-state index in [9.17, 15) is 0 Å². The Morgan fingerprint density at radius 2 is 1.95 bits per heavy atom. The standard InChI is InChI=1S/C17H25N3/c1-5-20-16(12-14(3)19-20)11-13(2)17(18-4)15-9-7-6-8-10-15/h6-10,12-13,17-18H,5,11H2,1-4H3. The van der Waals surface area contributed by atoms with E-state index in [-0.39, 0.29) is 0 Å². The van der Waals surface area contributed by atoms with E-state index in [2.05, 4.69) is 72.3 Å². The number of nitrogens with one attached hydrogen (secondary N) is 1. The minimum absolute atomic E-state index is 0.372. The third-order valence-electron chi connectivity index (χ3n) is 3.85. The van der Waals surface area contributed by atoms with Gasteiger partial charge >= 0.3 is 0 Å². The molecule has 0 saturated carbocycles. The third-order valence-corrected chi connectivity index (χ3v) is 3.85. The van der Waals surface area contributed by atoms with Gasteiger partial charge < -0.3 is 5.32 Å². The Morgan fingerprint density at radius 3 is 2.55 bits per heavy atom. The molecule has 2 unspecified atom stereocenters. The van der Waals surface area contributed by atoms with Crippen LogP contribution in [0.4, 0.5) is 0 Å². The molecule has 2 rings (SSSR count). The quantitative estimate of drug-likeness (QED) is 0.873. The number of hydrogen-bond donors (Lipinski definition) is 1. The summed E-state index contributed by atoms with van der Waals surface area (Å²) >= 11 is 0. The van der Waals surface area contributed by atoms with E-state index < -0.39 is 0 Å². The number of aryl methyl sites for hydroxylation is 2. The molecule has 1 aromatic heterocycles. The van der Waals surface area contributed by atoms with Crippen LogP contribution in [0.1, 0.15) is 36.8 Å². The van der Waals surface area contributed by atoms with Crippen LogP contribution in [0.25, 0.3) is 0 Å². The maximum Gasteiger partial charge on any atom is 0.0596 e. The second-order valence-corrected chi connectivity index (χ2v) is 5.45.